The molecule has 2 bridgehead atoms. The van der Waals surface area contributed by atoms with Gasteiger partial charge in [0.1, 0.15) is 17.8 Å². The average Bonchev–Trinajstić information content (AvgIpc) is 3.65. The maximum Gasteiger partial charge on any atom is 0.309 e. The van der Waals surface area contributed by atoms with E-state index in [1.54, 1.807) is 33.8 Å². The molecule has 5 fully saturated rings. The highest BCUT2D eigenvalue weighted by Crippen LogP contribution is 2.82. The van der Waals surface area contributed by atoms with Crippen molar-refractivity contribution >= 4 is 23.9 Å². The first-order valence-corrected chi connectivity index (χ1v) is 16.2. The zero-order chi connectivity index (χ0) is 33.8. The van der Waals surface area contributed by atoms with Gasteiger partial charge in [0.2, 0.25) is 5.79 Å². The Morgan fingerprint density at radius 1 is 1.09 bits per heavy atom. The van der Waals surface area contributed by atoms with Crippen LogP contribution in [0.1, 0.15) is 92.2 Å². The number of fused-ring (bicyclic) bond motifs is 2. The van der Waals surface area contributed by atoms with Crippen molar-refractivity contribution in [3.63, 3.8) is 0 Å². The van der Waals surface area contributed by atoms with E-state index in [9.17, 15) is 29.4 Å². The van der Waals surface area contributed by atoms with E-state index in [1.165, 1.54) is 26.6 Å². The monoisotopic (exact) mass is 646 g/mol. The summed E-state index contributed by atoms with van der Waals surface area (Å²) in [6.07, 6.45) is 0.268. The van der Waals surface area contributed by atoms with E-state index >= 15 is 0 Å². The topological polar surface area (TPSA) is 168 Å². The summed E-state index contributed by atoms with van der Waals surface area (Å²) in [5, 5.41) is 26.3. The smallest absolute Gasteiger partial charge is 0.309 e. The molecule has 3 saturated heterocycles. The van der Waals surface area contributed by atoms with Crippen molar-refractivity contribution in [2.24, 2.45) is 39.9 Å². The predicted octanol–water partition coefficient (Wildman–Crippen LogP) is 3.62. The van der Waals surface area contributed by atoms with Crippen LogP contribution in [0, 0.1) is 39.9 Å². The van der Waals surface area contributed by atoms with Crippen molar-refractivity contribution in [3.05, 3.63) is 24.2 Å². The normalized spacial score (nSPS) is 45.6. The van der Waals surface area contributed by atoms with Gasteiger partial charge in [-0.05, 0) is 31.2 Å². The van der Waals surface area contributed by atoms with Crippen molar-refractivity contribution < 1.29 is 57.5 Å². The zero-order valence-corrected chi connectivity index (χ0v) is 27.8. The number of carbonyl (C=O) groups excluding carboxylic acids is 4. The number of ether oxygens (including phenoxy) is 5. The Bertz CT molecular complexity index is 1440. The molecule has 6 rings (SSSR count). The number of esters is 4. The first-order chi connectivity index (χ1) is 21.4. The van der Waals surface area contributed by atoms with Crippen molar-refractivity contribution in [2.45, 2.75) is 116 Å². The fraction of sp³-hybridized carbons (Fsp3) is 0.765. The first-order valence-electron chi connectivity index (χ1n) is 16.2. The maximum atomic E-state index is 13.7. The van der Waals surface area contributed by atoms with Gasteiger partial charge in [-0.2, -0.15) is 0 Å². The van der Waals surface area contributed by atoms with Crippen LogP contribution >= 0.6 is 0 Å². The number of aliphatic hydroxyl groups is 2. The number of cyclic esters (lactones) is 1. The summed E-state index contributed by atoms with van der Waals surface area (Å²) in [6.45, 7) is 12.0. The van der Waals surface area contributed by atoms with Crippen LogP contribution in [-0.2, 0) is 42.9 Å². The number of carbonyl (C=O) groups is 4. The van der Waals surface area contributed by atoms with Gasteiger partial charge in [-0.15, -0.1) is 0 Å². The molecule has 5 aliphatic rings. The highest BCUT2D eigenvalue weighted by molar-refractivity contribution is 5.74. The summed E-state index contributed by atoms with van der Waals surface area (Å²) in [5.41, 5.74) is -6.84. The molecule has 0 amide bonds. The Morgan fingerprint density at radius 2 is 1.78 bits per heavy atom. The molecule has 3 aliphatic heterocycles. The highest BCUT2D eigenvalue weighted by Gasteiger charge is 2.96. The first kappa shape index (κ1) is 33.0. The van der Waals surface area contributed by atoms with E-state index in [1.807, 2.05) is 13.8 Å². The van der Waals surface area contributed by atoms with Crippen molar-refractivity contribution in [1.82, 2.24) is 0 Å². The minimum absolute atomic E-state index is 0.149. The van der Waals surface area contributed by atoms with Gasteiger partial charge in [0.05, 0.1) is 32.0 Å². The number of rotatable bonds is 7. The largest absolute Gasteiger partial charge is 0.472 e. The van der Waals surface area contributed by atoms with E-state index in [-0.39, 0.29) is 12.8 Å². The summed E-state index contributed by atoms with van der Waals surface area (Å²) in [4.78, 5) is 53.0. The Kier molecular flexibility index (Phi) is 7.36. The van der Waals surface area contributed by atoms with Crippen LogP contribution in [0.3, 0.4) is 0 Å². The summed E-state index contributed by atoms with van der Waals surface area (Å²) >= 11 is 0. The minimum Gasteiger partial charge on any atom is -0.472 e. The van der Waals surface area contributed by atoms with Gasteiger partial charge in [0.25, 0.3) is 0 Å². The average molecular weight is 647 g/mol. The van der Waals surface area contributed by atoms with E-state index < -0.39 is 99.1 Å². The van der Waals surface area contributed by atoms with E-state index in [0.29, 0.717) is 24.8 Å². The lowest BCUT2D eigenvalue weighted by atomic mass is 9.35. The molecule has 12 heteroatoms. The van der Waals surface area contributed by atoms with Crippen LogP contribution in [0.5, 0.6) is 0 Å². The summed E-state index contributed by atoms with van der Waals surface area (Å²) in [7, 11) is 1.27. The predicted molar refractivity (Wildman–Crippen MR) is 157 cm³/mol. The number of hydrogen-bond acceptors (Lipinski definition) is 12. The Balaban J connectivity index is 1.64. The second-order valence-corrected chi connectivity index (χ2v) is 15.3. The van der Waals surface area contributed by atoms with Crippen LogP contribution in [0.15, 0.2) is 23.0 Å². The standard InChI is InChI=1S/C34H46O12/c1-9-17(2)26(38)45-28-32-20(10-12-30(6)22(32)15-24(37)44-25(30)19-11-13-42-16-19)31(7)21(14-23(36)41-8)29(4,5)27(43-18(3)35)33(28,39)34(31,40)46-32/h11,13,16-17,20-22,25,27-28,39-40H,9-10,12,14-15H2,1-8H3/t17-,20-,21+,22-,25+,27+,28+,30-,31-,32-,33+,34-/m1/s1. The quantitative estimate of drug-likeness (QED) is 0.327. The Hall–Kier alpha value is -2.96. The Morgan fingerprint density at radius 3 is 2.37 bits per heavy atom. The van der Waals surface area contributed by atoms with Gasteiger partial charge >= 0.3 is 23.9 Å². The van der Waals surface area contributed by atoms with Crippen LogP contribution in [0.4, 0.5) is 0 Å². The lowest BCUT2D eigenvalue weighted by molar-refractivity contribution is -0.385. The van der Waals surface area contributed by atoms with Gasteiger partial charge in [-0.3, -0.25) is 19.2 Å². The SMILES string of the molecule is CC[C@@H](C)C(=O)O[C@H]1[C@@]23O[C@]4(O)[C@@](C)([C@@H](CC(=O)OC)C(C)(C)[C@H](OC(C)=O)[C@]14O)[C@H]2CC[C@]1(C)[C@H]3CC(=O)O[C@H]1c1ccoc1. The molecule has 0 aromatic carbocycles. The third kappa shape index (κ3) is 3.77. The number of methoxy groups -OCH3 is 1. The summed E-state index contributed by atoms with van der Waals surface area (Å²) in [6, 6.07) is 1.73. The molecule has 12 atom stereocenters. The van der Waals surface area contributed by atoms with Crippen molar-refractivity contribution in [3.8, 4) is 0 Å². The molecule has 254 valence electrons. The van der Waals surface area contributed by atoms with Crippen LogP contribution in [0.2, 0.25) is 0 Å². The maximum absolute atomic E-state index is 13.7. The molecular weight excluding hydrogens is 600 g/mol. The highest BCUT2D eigenvalue weighted by atomic mass is 16.7. The van der Waals surface area contributed by atoms with E-state index in [0.717, 1.165) is 0 Å². The van der Waals surface area contributed by atoms with Crippen LogP contribution in [-0.4, -0.2) is 70.4 Å². The molecule has 12 nitrogen and oxygen atoms in total. The molecule has 2 N–H and O–H groups in total. The van der Waals surface area contributed by atoms with Gasteiger partial charge in [-0.25, -0.2) is 0 Å². The van der Waals surface area contributed by atoms with Crippen LogP contribution in [0.25, 0.3) is 0 Å². The third-order valence-electron chi connectivity index (χ3n) is 12.9. The van der Waals surface area contributed by atoms with Crippen LogP contribution < -0.4 is 0 Å². The summed E-state index contributed by atoms with van der Waals surface area (Å²) in [5.74, 6) is -7.57. The molecule has 2 saturated carbocycles. The summed E-state index contributed by atoms with van der Waals surface area (Å²) < 4.78 is 35.6. The van der Waals surface area contributed by atoms with Crippen molar-refractivity contribution in [1.29, 1.82) is 0 Å². The second kappa shape index (κ2) is 10.3. The van der Waals surface area contributed by atoms with Gasteiger partial charge in [-0.1, -0.05) is 41.5 Å². The van der Waals surface area contributed by atoms with Gasteiger partial charge in [0, 0.05) is 47.0 Å². The number of furan rings is 1. The molecule has 1 aromatic rings. The van der Waals surface area contributed by atoms with E-state index in [4.69, 9.17) is 28.1 Å². The molecular formula is C34H46O12. The lowest BCUT2D eigenvalue weighted by Gasteiger charge is -2.70. The molecule has 0 unspecified atom stereocenters. The molecule has 1 aromatic heterocycles. The molecule has 4 heterocycles. The Labute approximate surface area is 268 Å². The lowest BCUT2D eigenvalue weighted by Crippen LogP contribution is -2.85. The fourth-order valence-electron chi connectivity index (χ4n) is 10.7. The van der Waals surface area contributed by atoms with E-state index in [2.05, 4.69) is 0 Å². The molecule has 2 aliphatic carbocycles. The second-order valence-electron chi connectivity index (χ2n) is 15.3. The zero-order valence-electron chi connectivity index (χ0n) is 27.8. The molecule has 0 radical (unpaired) electrons. The third-order valence-corrected chi connectivity index (χ3v) is 12.9. The molecule has 1 spiro atoms. The van der Waals surface area contributed by atoms with Gasteiger partial charge in [0.15, 0.2) is 11.7 Å². The van der Waals surface area contributed by atoms with Gasteiger partial charge < -0.3 is 38.3 Å². The minimum atomic E-state index is -2.49. The fourth-order valence-corrected chi connectivity index (χ4v) is 10.7. The number of hydrogen-bond donors (Lipinski definition) is 2. The molecule has 46 heavy (non-hydrogen) atoms. The van der Waals surface area contributed by atoms with Crippen molar-refractivity contribution in [2.75, 3.05) is 7.11 Å².